The van der Waals surface area contributed by atoms with Gasteiger partial charge in [-0.25, -0.2) is 0 Å². The summed E-state index contributed by atoms with van der Waals surface area (Å²) in [4.78, 5) is 11.4. The maximum Gasteiger partial charge on any atom is 0.471 e. The Morgan fingerprint density at radius 3 is 2.04 bits per heavy atom. The van der Waals surface area contributed by atoms with Crippen molar-refractivity contribution in [3.8, 4) is 0 Å². The van der Waals surface area contributed by atoms with E-state index in [1.165, 1.54) is 0 Å². The van der Waals surface area contributed by atoms with Gasteiger partial charge in [0.15, 0.2) is 0 Å². The molecular formula is C20H12F3NO. The summed E-state index contributed by atoms with van der Waals surface area (Å²) in [6.45, 7) is 0. The SMILES string of the molecule is O=C(Nc1cc2c3ccccc3ccc2c2ccccc12)C(F)(F)F. The molecule has 0 aliphatic heterocycles. The normalized spacial score (nSPS) is 12.0. The fraction of sp³-hybridized carbons (Fsp3) is 0.0500. The molecule has 1 N–H and O–H groups in total. The topological polar surface area (TPSA) is 29.1 Å². The van der Waals surface area contributed by atoms with E-state index >= 15 is 0 Å². The molecule has 1 amide bonds. The third-order valence-corrected chi connectivity index (χ3v) is 4.27. The molecule has 2 nitrogen and oxygen atoms in total. The zero-order valence-corrected chi connectivity index (χ0v) is 12.9. The molecule has 0 radical (unpaired) electrons. The number of hydrogen-bond acceptors (Lipinski definition) is 1. The van der Waals surface area contributed by atoms with Crippen LogP contribution in [0.25, 0.3) is 32.3 Å². The summed E-state index contributed by atoms with van der Waals surface area (Å²) in [5.41, 5.74) is 0.154. The molecule has 0 saturated carbocycles. The minimum absolute atomic E-state index is 0.154. The smallest absolute Gasteiger partial charge is 0.318 e. The molecular weight excluding hydrogens is 327 g/mol. The Hall–Kier alpha value is -3.08. The van der Waals surface area contributed by atoms with E-state index in [2.05, 4.69) is 0 Å². The van der Waals surface area contributed by atoms with E-state index in [1.807, 2.05) is 53.8 Å². The Kier molecular flexibility index (Phi) is 3.39. The van der Waals surface area contributed by atoms with Gasteiger partial charge in [-0.05, 0) is 33.0 Å². The van der Waals surface area contributed by atoms with Crippen molar-refractivity contribution in [2.75, 3.05) is 5.32 Å². The van der Waals surface area contributed by atoms with E-state index in [0.29, 0.717) is 5.39 Å². The summed E-state index contributed by atoms with van der Waals surface area (Å²) in [5, 5.41) is 7.02. The third kappa shape index (κ3) is 2.58. The Balaban J connectivity index is 2.06. The van der Waals surface area contributed by atoms with Gasteiger partial charge in [-0.2, -0.15) is 13.2 Å². The summed E-state index contributed by atoms with van der Waals surface area (Å²) in [6.07, 6.45) is -4.94. The zero-order chi connectivity index (χ0) is 17.6. The molecule has 0 aromatic heterocycles. The van der Waals surface area contributed by atoms with E-state index in [0.717, 1.165) is 26.9 Å². The molecule has 4 aromatic rings. The molecule has 0 aliphatic carbocycles. The van der Waals surface area contributed by atoms with Gasteiger partial charge in [-0.15, -0.1) is 0 Å². The van der Waals surface area contributed by atoms with E-state index in [4.69, 9.17) is 0 Å². The highest BCUT2D eigenvalue weighted by Crippen LogP contribution is 2.36. The van der Waals surface area contributed by atoms with Crippen molar-refractivity contribution in [2.45, 2.75) is 6.18 Å². The molecule has 0 atom stereocenters. The average molecular weight is 339 g/mol. The lowest BCUT2D eigenvalue weighted by Crippen LogP contribution is -2.30. The minimum atomic E-state index is -4.94. The van der Waals surface area contributed by atoms with Crippen LogP contribution in [0.4, 0.5) is 18.9 Å². The molecule has 25 heavy (non-hydrogen) atoms. The van der Waals surface area contributed by atoms with E-state index in [9.17, 15) is 18.0 Å². The van der Waals surface area contributed by atoms with Gasteiger partial charge >= 0.3 is 12.1 Å². The number of anilines is 1. The van der Waals surface area contributed by atoms with Crippen LogP contribution >= 0.6 is 0 Å². The van der Waals surface area contributed by atoms with Gasteiger partial charge < -0.3 is 5.32 Å². The van der Waals surface area contributed by atoms with Gasteiger partial charge in [0.25, 0.3) is 0 Å². The summed E-state index contributed by atoms with van der Waals surface area (Å²) in [5.74, 6) is -1.97. The Bertz CT molecular complexity index is 1130. The van der Waals surface area contributed by atoms with Crippen LogP contribution in [0.1, 0.15) is 0 Å². The van der Waals surface area contributed by atoms with Gasteiger partial charge in [0, 0.05) is 11.1 Å². The van der Waals surface area contributed by atoms with E-state index in [1.54, 1.807) is 18.2 Å². The zero-order valence-electron chi connectivity index (χ0n) is 12.9. The second-order valence-corrected chi connectivity index (χ2v) is 5.80. The Morgan fingerprint density at radius 1 is 0.720 bits per heavy atom. The molecule has 0 spiro atoms. The van der Waals surface area contributed by atoms with Gasteiger partial charge in [0.1, 0.15) is 0 Å². The van der Waals surface area contributed by atoms with Crippen LogP contribution < -0.4 is 5.32 Å². The molecule has 0 heterocycles. The number of halogens is 3. The number of carbonyl (C=O) groups excluding carboxylic acids is 1. The number of benzene rings is 4. The van der Waals surface area contributed by atoms with Gasteiger partial charge in [0.05, 0.1) is 0 Å². The number of nitrogens with one attached hydrogen (secondary N) is 1. The second kappa shape index (κ2) is 5.48. The highest BCUT2D eigenvalue weighted by molar-refractivity contribution is 6.21. The van der Waals surface area contributed by atoms with Crippen LogP contribution in [-0.2, 0) is 4.79 Å². The van der Waals surface area contributed by atoms with Crippen molar-refractivity contribution in [1.29, 1.82) is 0 Å². The van der Waals surface area contributed by atoms with Crippen molar-refractivity contribution < 1.29 is 18.0 Å². The summed E-state index contributed by atoms with van der Waals surface area (Å²) >= 11 is 0. The van der Waals surface area contributed by atoms with Crippen LogP contribution in [-0.4, -0.2) is 12.1 Å². The number of hydrogen-bond donors (Lipinski definition) is 1. The second-order valence-electron chi connectivity index (χ2n) is 5.80. The van der Waals surface area contributed by atoms with Crippen LogP contribution in [0, 0.1) is 0 Å². The average Bonchev–Trinajstić information content (AvgIpc) is 2.61. The highest BCUT2D eigenvalue weighted by atomic mass is 19.4. The van der Waals surface area contributed by atoms with Crippen molar-refractivity contribution in [2.24, 2.45) is 0 Å². The maximum absolute atomic E-state index is 12.7. The predicted octanol–water partition coefficient (Wildman–Crippen LogP) is 5.65. The molecule has 5 heteroatoms. The number of carbonyl (C=O) groups is 1. The fourth-order valence-corrected chi connectivity index (χ4v) is 3.16. The Labute approximate surface area is 140 Å². The lowest BCUT2D eigenvalue weighted by atomic mass is 9.96. The van der Waals surface area contributed by atoms with Gasteiger partial charge in [0.2, 0.25) is 0 Å². The summed E-state index contributed by atoms with van der Waals surface area (Å²) in [7, 11) is 0. The van der Waals surface area contributed by atoms with Crippen molar-refractivity contribution in [1.82, 2.24) is 0 Å². The summed E-state index contributed by atoms with van der Waals surface area (Å²) in [6, 6.07) is 20.3. The molecule has 0 unspecified atom stereocenters. The number of amides is 1. The molecule has 4 rings (SSSR count). The van der Waals surface area contributed by atoms with Crippen LogP contribution in [0.5, 0.6) is 0 Å². The maximum atomic E-state index is 12.7. The number of fused-ring (bicyclic) bond motifs is 5. The first-order valence-corrected chi connectivity index (χ1v) is 7.66. The minimum Gasteiger partial charge on any atom is -0.318 e. The number of rotatable bonds is 1. The highest BCUT2D eigenvalue weighted by Gasteiger charge is 2.38. The van der Waals surface area contributed by atoms with Gasteiger partial charge in [-0.3, -0.25) is 4.79 Å². The summed E-state index contributed by atoms with van der Waals surface area (Å²) < 4.78 is 38.1. The molecule has 0 aliphatic rings. The molecule has 0 saturated heterocycles. The third-order valence-electron chi connectivity index (χ3n) is 4.27. The first kappa shape index (κ1) is 15.4. The predicted molar refractivity (Wildman–Crippen MR) is 93.6 cm³/mol. The lowest BCUT2D eigenvalue weighted by Gasteiger charge is -2.14. The van der Waals surface area contributed by atoms with Crippen molar-refractivity contribution >= 4 is 43.9 Å². The van der Waals surface area contributed by atoms with Crippen molar-refractivity contribution in [3.05, 3.63) is 66.7 Å². The van der Waals surface area contributed by atoms with Crippen LogP contribution in [0.15, 0.2) is 66.7 Å². The largest absolute Gasteiger partial charge is 0.471 e. The monoisotopic (exact) mass is 339 g/mol. The molecule has 124 valence electrons. The van der Waals surface area contributed by atoms with Crippen LogP contribution in [0.3, 0.4) is 0 Å². The first-order valence-electron chi connectivity index (χ1n) is 7.66. The Morgan fingerprint density at radius 2 is 1.32 bits per heavy atom. The standard InChI is InChI=1S/C20H12F3NO/c21-20(22,23)19(25)24-18-11-17-13-6-2-1-5-12(13)9-10-15(17)14-7-3-4-8-16(14)18/h1-11H,(H,24,25). The van der Waals surface area contributed by atoms with Crippen LogP contribution in [0.2, 0.25) is 0 Å². The molecule has 0 fully saturated rings. The first-order chi connectivity index (χ1) is 11.9. The lowest BCUT2D eigenvalue weighted by molar-refractivity contribution is -0.167. The van der Waals surface area contributed by atoms with E-state index < -0.39 is 12.1 Å². The fourth-order valence-electron chi connectivity index (χ4n) is 3.16. The van der Waals surface area contributed by atoms with Crippen molar-refractivity contribution in [3.63, 3.8) is 0 Å². The quantitative estimate of drug-likeness (QED) is 0.446. The van der Waals surface area contributed by atoms with Gasteiger partial charge in [-0.1, -0.05) is 60.7 Å². The molecule has 0 bridgehead atoms. The van der Waals surface area contributed by atoms with E-state index in [-0.39, 0.29) is 5.69 Å². The number of alkyl halides is 3. The molecule has 4 aromatic carbocycles.